The minimum atomic E-state index is -0.756. The van der Waals surface area contributed by atoms with Crippen molar-refractivity contribution in [1.82, 2.24) is 4.90 Å². The smallest absolute Gasteiger partial charge is 0.315 e. The van der Waals surface area contributed by atoms with E-state index in [0.717, 1.165) is 32.8 Å². The molecule has 8 nitrogen and oxygen atoms in total. The monoisotopic (exact) mass is 464 g/mol. The summed E-state index contributed by atoms with van der Waals surface area (Å²) in [6.07, 6.45) is 1.36. The number of benzene rings is 2. The number of thioether (sulfide) groups is 1. The number of nitrogens with zero attached hydrogens (tertiary/aromatic N) is 2. The third kappa shape index (κ3) is 4.02. The van der Waals surface area contributed by atoms with Gasteiger partial charge in [-0.2, -0.15) is 0 Å². The Morgan fingerprint density at radius 2 is 2.07 bits per heavy atom. The Morgan fingerprint density at radius 1 is 1.32 bits per heavy atom. The van der Waals surface area contributed by atoms with Crippen LogP contribution in [0.15, 0.2) is 45.8 Å². The molecule has 2 aromatic rings. The summed E-state index contributed by atoms with van der Waals surface area (Å²) < 4.78 is 5.77. The SMILES string of the molecule is COc1cc(/C=C2/SC(=O)N(Cc3cccc(Br)c3)C2=O)cc([N+](=O)[O-])c1O. The third-order valence-electron chi connectivity index (χ3n) is 3.89. The van der Waals surface area contributed by atoms with Crippen LogP contribution in [0, 0.1) is 10.1 Å². The summed E-state index contributed by atoms with van der Waals surface area (Å²) in [5.41, 5.74) is 0.480. The molecule has 1 aliphatic heterocycles. The van der Waals surface area contributed by atoms with Crippen LogP contribution >= 0.6 is 27.7 Å². The lowest BCUT2D eigenvalue weighted by Crippen LogP contribution is -2.27. The first kappa shape index (κ1) is 19.9. The fourth-order valence-corrected chi connectivity index (χ4v) is 3.88. The van der Waals surface area contributed by atoms with Gasteiger partial charge >= 0.3 is 5.69 Å². The molecule has 0 saturated carbocycles. The van der Waals surface area contributed by atoms with Crippen molar-refractivity contribution < 1.29 is 24.4 Å². The Morgan fingerprint density at radius 3 is 2.71 bits per heavy atom. The molecule has 3 rings (SSSR count). The van der Waals surface area contributed by atoms with Crippen LogP contribution in [-0.4, -0.2) is 33.2 Å². The second kappa shape index (κ2) is 8.03. The van der Waals surface area contributed by atoms with Gasteiger partial charge in [0, 0.05) is 10.5 Å². The van der Waals surface area contributed by atoms with Crippen molar-refractivity contribution in [3.63, 3.8) is 0 Å². The largest absolute Gasteiger partial charge is 0.500 e. The number of imide groups is 1. The summed E-state index contributed by atoms with van der Waals surface area (Å²) in [6.45, 7) is 0.112. The summed E-state index contributed by atoms with van der Waals surface area (Å²) in [5, 5.41) is 20.5. The highest BCUT2D eigenvalue weighted by molar-refractivity contribution is 9.10. The van der Waals surface area contributed by atoms with Gasteiger partial charge in [-0.05, 0) is 47.2 Å². The molecule has 2 aromatic carbocycles. The first-order valence-electron chi connectivity index (χ1n) is 7.85. The number of nitro groups is 1. The molecule has 28 heavy (non-hydrogen) atoms. The number of hydrogen-bond acceptors (Lipinski definition) is 7. The van der Waals surface area contributed by atoms with E-state index in [9.17, 15) is 24.8 Å². The number of nitro benzene ring substituents is 1. The molecule has 1 heterocycles. The zero-order valence-corrected chi connectivity index (χ0v) is 16.8. The van der Waals surface area contributed by atoms with Gasteiger partial charge in [0.05, 0.1) is 23.5 Å². The summed E-state index contributed by atoms with van der Waals surface area (Å²) in [7, 11) is 1.26. The molecule has 144 valence electrons. The molecule has 0 radical (unpaired) electrons. The van der Waals surface area contributed by atoms with Crippen LogP contribution in [0.25, 0.3) is 6.08 Å². The summed E-state index contributed by atoms with van der Waals surface area (Å²) in [5.74, 6) is -1.20. The minimum absolute atomic E-state index is 0.103. The number of phenolic OH excluding ortho intramolecular Hbond substituents is 1. The lowest BCUT2D eigenvalue weighted by molar-refractivity contribution is -0.386. The highest BCUT2D eigenvalue weighted by Crippen LogP contribution is 2.39. The first-order chi connectivity index (χ1) is 13.3. The molecule has 0 unspecified atom stereocenters. The Bertz CT molecular complexity index is 1020. The van der Waals surface area contributed by atoms with Crippen molar-refractivity contribution in [2.24, 2.45) is 0 Å². The second-order valence-electron chi connectivity index (χ2n) is 5.75. The maximum atomic E-state index is 12.6. The minimum Gasteiger partial charge on any atom is -0.500 e. The molecule has 0 aromatic heterocycles. The van der Waals surface area contributed by atoms with Crippen LogP contribution in [0.2, 0.25) is 0 Å². The maximum absolute atomic E-state index is 12.6. The predicted molar refractivity (Wildman–Crippen MR) is 107 cm³/mol. The van der Waals surface area contributed by atoms with Gasteiger partial charge < -0.3 is 9.84 Å². The fraction of sp³-hybridized carbons (Fsp3) is 0.111. The molecule has 1 saturated heterocycles. The van der Waals surface area contributed by atoms with E-state index in [2.05, 4.69) is 15.9 Å². The first-order valence-corrected chi connectivity index (χ1v) is 9.46. The van der Waals surface area contributed by atoms with Crippen LogP contribution in [0.5, 0.6) is 11.5 Å². The van der Waals surface area contributed by atoms with Gasteiger partial charge in [-0.3, -0.25) is 24.6 Å². The number of aromatic hydroxyl groups is 1. The Balaban J connectivity index is 1.91. The maximum Gasteiger partial charge on any atom is 0.315 e. The molecular formula is C18H13BrN2O6S. The van der Waals surface area contributed by atoms with Gasteiger partial charge in [-0.1, -0.05) is 28.1 Å². The molecular weight excluding hydrogens is 452 g/mol. The third-order valence-corrected chi connectivity index (χ3v) is 5.30. The van der Waals surface area contributed by atoms with Crippen molar-refractivity contribution in [2.75, 3.05) is 7.11 Å². The van der Waals surface area contributed by atoms with Crippen molar-refractivity contribution in [3.05, 3.63) is 67.0 Å². The molecule has 0 aliphatic carbocycles. The van der Waals surface area contributed by atoms with Gasteiger partial charge in [0.2, 0.25) is 5.75 Å². The number of rotatable bonds is 5. The zero-order chi connectivity index (χ0) is 20.4. The number of carbonyl (C=O) groups excluding carboxylic acids is 2. The summed E-state index contributed by atoms with van der Waals surface area (Å²) in [4.78, 5) is 36.5. The number of hydrogen-bond donors (Lipinski definition) is 1. The van der Waals surface area contributed by atoms with E-state index in [1.807, 2.05) is 6.07 Å². The van der Waals surface area contributed by atoms with Crippen LogP contribution in [0.3, 0.4) is 0 Å². The van der Waals surface area contributed by atoms with Crippen LogP contribution in [0.4, 0.5) is 10.5 Å². The van der Waals surface area contributed by atoms with Gasteiger partial charge in [-0.15, -0.1) is 0 Å². The number of carbonyl (C=O) groups is 2. The Labute approximate surface area is 172 Å². The van der Waals surface area contributed by atoms with E-state index in [-0.39, 0.29) is 22.8 Å². The molecule has 1 fully saturated rings. The lowest BCUT2D eigenvalue weighted by atomic mass is 10.1. The van der Waals surface area contributed by atoms with Crippen LogP contribution in [0.1, 0.15) is 11.1 Å². The Kier molecular flexibility index (Phi) is 5.71. The quantitative estimate of drug-likeness (QED) is 0.398. The van der Waals surface area contributed by atoms with E-state index in [0.29, 0.717) is 0 Å². The number of phenols is 1. The molecule has 0 atom stereocenters. The van der Waals surface area contributed by atoms with Crippen LogP contribution < -0.4 is 4.74 Å². The van der Waals surface area contributed by atoms with Gasteiger partial charge in [0.15, 0.2) is 5.75 Å². The number of ether oxygens (including phenoxy) is 1. The van der Waals surface area contributed by atoms with Crippen molar-refractivity contribution in [2.45, 2.75) is 6.54 Å². The lowest BCUT2D eigenvalue weighted by Gasteiger charge is -2.12. The van der Waals surface area contributed by atoms with E-state index in [1.165, 1.54) is 19.3 Å². The highest BCUT2D eigenvalue weighted by Gasteiger charge is 2.35. The van der Waals surface area contributed by atoms with E-state index in [4.69, 9.17) is 4.74 Å². The normalized spacial score (nSPS) is 15.4. The van der Waals surface area contributed by atoms with E-state index in [1.54, 1.807) is 18.2 Å². The van der Waals surface area contributed by atoms with E-state index < -0.39 is 27.5 Å². The number of amides is 2. The topological polar surface area (TPSA) is 110 Å². The molecule has 1 aliphatic rings. The zero-order valence-electron chi connectivity index (χ0n) is 14.4. The second-order valence-corrected chi connectivity index (χ2v) is 7.65. The van der Waals surface area contributed by atoms with Crippen LogP contribution in [-0.2, 0) is 11.3 Å². The fourth-order valence-electron chi connectivity index (χ4n) is 2.60. The Hall–Kier alpha value is -2.85. The van der Waals surface area contributed by atoms with Gasteiger partial charge in [0.25, 0.3) is 11.1 Å². The molecule has 1 N–H and O–H groups in total. The van der Waals surface area contributed by atoms with E-state index >= 15 is 0 Å². The van der Waals surface area contributed by atoms with Gasteiger partial charge in [0.1, 0.15) is 0 Å². The summed E-state index contributed by atoms with van der Waals surface area (Å²) in [6, 6.07) is 9.70. The summed E-state index contributed by atoms with van der Waals surface area (Å²) >= 11 is 4.09. The predicted octanol–water partition coefficient (Wildman–Crippen LogP) is 4.31. The van der Waals surface area contributed by atoms with Crippen molar-refractivity contribution >= 4 is 50.6 Å². The molecule has 0 bridgehead atoms. The van der Waals surface area contributed by atoms with Crippen molar-refractivity contribution in [1.29, 1.82) is 0 Å². The molecule has 10 heteroatoms. The standard InChI is InChI=1S/C18H13BrN2O6S/c1-27-14-7-11(6-13(16(14)22)21(25)26)8-15-17(23)20(18(24)28-15)9-10-3-2-4-12(19)5-10/h2-8,22H,9H2,1H3/b15-8+. The average molecular weight is 465 g/mol. The molecule has 0 spiro atoms. The van der Waals surface area contributed by atoms with Crippen molar-refractivity contribution in [3.8, 4) is 11.5 Å². The van der Waals surface area contributed by atoms with Gasteiger partial charge in [-0.25, -0.2) is 0 Å². The average Bonchev–Trinajstić information content (AvgIpc) is 2.90. The highest BCUT2D eigenvalue weighted by atomic mass is 79.9. The number of halogens is 1. The number of methoxy groups -OCH3 is 1. The molecule has 2 amide bonds.